The van der Waals surface area contributed by atoms with E-state index in [1.807, 2.05) is 30.3 Å². The second kappa shape index (κ2) is 7.33. The van der Waals surface area contributed by atoms with E-state index in [0.29, 0.717) is 18.8 Å². The third-order valence-corrected chi connectivity index (χ3v) is 4.31. The molecule has 1 atom stereocenters. The summed E-state index contributed by atoms with van der Waals surface area (Å²) in [5.41, 5.74) is 0.865. The van der Waals surface area contributed by atoms with E-state index >= 15 is 0 Å². The lowest BCUT2D eigenvalue weighted by atomic mass is 10.0. The van der Waals surface area contributed by atoms with Crippen LogP contribution >= 0.6 is 0 Å². The van der Waals surface area contributed by atoms with E-state index in [4.69, 9.17) is 0 Å². The van der Waals surface area contributed by atoms with Crippen LogP contribution in [-0.2, 0) is 18.4 Å². The molecule has 0 aliphatic carbocycles. The zero-order chi connectivity index (χ0) is 17.8. The van der Waals surface area contributed by atoms with Crippen molar-refractivity contribution in [1.82, 2.24) is 25.0 Å². The average Bonchev–Trinajstić information content (AvgIpc) is 3.05. The highest BCUT2D eigenvalue weighted by atomic mass is 16.2. The van der Waals surface area contributed by atoms with E-state index in [1.165, 1.54) is 4.90 Å². The Morgan fingerprint density at radius 3 is 2.80 bits per heavy atom. The molecule has 25 heavy (non-hydrogen) atoms. The van der Waals surface area contributed by atoms with Crippen LogP contribution in [0.15, 0.2) is 36.7 Å². The Morgan fingerprint density at radius 2 is 2.12 bits per heavy atom. The number of likely N-dealkylation sites (N-methyl/N-ethyl adjacent to an activating group) is 1. The lowest BCUT2D eigenvalue weighted by Crippen LogP contribution is -2.55. The Morgan fingerprint density at radius 1 is 1.36 bits per heavy atom. The number of carbonyl (C=O) groups excluding carboxylic acids is 2. The van der Waals surface area contributed by atoms with E-state index in [1.54, 1.807) is 30.0 Å². The van der Waals surface area contributed by atoms with Gasteiger partial charge in [0.15, 0.2) is 5.82 Å². The third kappa shape index (κ3) is 3.78. The van der Waals surface area contributed by atoms with Gasteiger partial charge in [0.2, 0.25) is 5.91 Å². The molecule has 3 amide bonds. The van der Waals surface area contributed by atoms with Gasteiger partial charge in [0.05, 0.1) is 6.54 Å². The molecule has 1 fully saturated rings. The highest BCUT2D eigenvalue weighted by molar-refractivity contribution is 5.99. The minimum absolute atomic E-state index is 0.0499. The molecule has 0 spiro atoms. The number of aromatic nitrogens is 3. The van der Waals surface area contributed by atoms with Crippen LogP contribution in [-0.4, -0.2) is 51.2 Å². The van der Waals surface area contributed by atoms with Gasteiger partial charge < -0.3 is 15.1 Å². The van der Waals surface area contributed by atoms with Gasteiger partial charge in [-0.25, -0.2) is 9.78 Å². The molecule has 0 saturated carbocycles. The predicted molar refractivity (Wildman–Crippen MR) is 92.8 cm³/mol. The number of anilines is 1. The summed E-state index contributed by atoms with van der Waals surface area (Å²) in [6.07, 6.45) is 3.09. The molecule has 2 heterocycles. The van der Waals surface area contributed by atoms with Gasteiger partial charge in [0.1, 0.15) is 12.4 Å². The number of carbonyl (C=O) groups is 2. The molecular weight excluding hydrogens is 320 g/mol. The van der Waals surface area contributed by atoms with E-state index in [-0.39, 0.29) is 18.5 Å². The Bertz CT molecular complexity index is 745. The summed E-state index contributed by atoms with van der Waals surface area (Å²) in [6, 6.07) is 8.78. The second-order valence-electron chi connectivity index (χ2n) is 6.09. The highest BCUT2D eigenvalue weighted by Crippen LogP contribution is 2.23. The van der Waals surface area contributed by atoms with Crippen LogP contribution in [0.1, 0.15) is 18.7 Å². The minimum Gasteiger partial charge on any atom is -0.331 e. The molecule has 1 N–H and O–H groups in total. The van der Waals surface area contributed by atoms with Crippen molar-refractivity contribution in [1.29, 1.82) is 0 Å². The van der Waals surface area contributed by atoms with Crippen LogP contribution in [0.3, 0.4) is 0 Å². The van der Waals surface area contributed by atoms with Gasteiger partial charge in [-0.3, -0.25) is 9.48 Å². The molecule has 0 bridgehead atoms. The summed E-state index contributed by atoms with van der Waals surface area (Å²) >= 11 is 0. The van der Waals surface area contributed by atoms with Gasteiger partial charge in [0.25, 0.3) is 0 Å². The molecule has 2 aromatic rings. The molecule has 1 saturated heterocycles. The van der Waals surface area contributed by atoms with Crippen molar-refractivity contribution in [3.63, 3.8) is 0 Å². The van der Waals surface area contributed by atoms with Gasteiger partial charge in [-0.15, -0.1) is 0 Å². The lowest BCUT2D eigenvalue weighted by Gasteiger charge is -2.36. The number of hydrogen-bond donors (Lipinski definition) is 1. The van der Waals surface area contributed by atoms with Crippen LogP contribution in [0.4, 0.5) is 10.5 Å². The number of piperidine rings is 1. The first-order chi connectivity index (χ1) is 12.1. The first-order valence-corrected chi connectivity index (χ1v) is 8.28. The van der Waals surface area contributed by atoms with Crippen molar-refractivity contribution >= 4 is 17.6 Å². The third-order valence-electron chi connectivity index (χ3n) is 4.31. The monoisotopic (exact) mass is 342 g/mol. The number of amides is 3. The first kappa shape index (κ1) is 16.9. The average molecular weight is 342 g/mol. The molecule has 3 rings (SSSR count). The minimum atomic E-state index is -0.467. The molecular formula is C17H22N6O2. The summed E-state index contributed by atoms with van der Waals surface area (Å²) in [6.45, 7) is 0.903. The maximum Gasteiger partial charge on any atom is 0.318 e. The van der Waals surface area contributed by atoms with E-state index in [2.05, 4.69) is 15.4 Å². The molecule has 1 aliphatic heterocycles. The zero-order valence-corrected chi connectivity index (χ0v) is 14.4. The fourth-order valence-corrected chi connectivity index (χ4v) is 2.97. The van der Waals surface area contributed by atoms with Crippen LogP contribution in [0.25, 0.3) is 0 Å². The summed E-state index contributed by atoms with van der Waals surface area (Å²) < 4.78 is 1.58. The molecule has 1 unspecified atom stereocenters. The molecule has 8 heteroatoms. The van der Waals surface area contributed by atoms with Crippen LogP contribution in [0.2, 0.25) is 0 Å². The van der Waals surface area contributed by atoms with Gasteiger partial charge in [-0.1, -0.05) is 18.2 Å². The Labute approximate surface area is 146 Å². The van der Waals surface area contributed by atoms with Gasteiger partial charge in [-0.05, 0) is 25.0 Å². The number of nitrogens with zero attached hydrogens (tertiary/aromatic N) is 5. The second-order valence-corrected chi connectivity index (χ2v) is 6.09. The molecule has 8 nitrogen and oxygen atoms in total. The number of benzene rings is 1. The van der Waals surface area contributed by atoms with Gasteiger partial charge in [0, 0.05) is 26.3 Å². The number of para-hydroxylation sites is 1. The summed E-state index contributed by atoms with van der Waals surface area (Å²) in [7, 11) is 3.42. The van der Waals surface area contributed by atoms with Crippen molar-refractivity contribution in [2.45, 2.75) is 25.4 Å². The Balaban J connectivity index is 1.63. The summed E-state index contributed by atoms with van der Waals surface area (Å²) in [4.78, 5) is 32.5. The Kier molecular flexibility index (Phi) is 4.97. The first-order valence-electron chi connectivity index (χ1n) is 8.28. The maximum absolute atomic E-state index is 12.8. The molecule has 1 aliphatic rings. The molecule has 132 valence electrons. The van der Waals surface area contributed by atoms with E-state index in [0.717, 1.165) is 12.1 Å². The van der Waals surface area contributed by atoms with E-state index in [9.17, 15) is 9.59 Å². The number of urea groups is 1. The van der Waals surface area contributed by atoms with Gasteiger partial charge in [-0.2, -0.15) is 5.10 Å². The summed E-state index contributed by atoms with van der Waals surface area (Å²) in [5, 5.41) is 6.88. The number of aryl methyl sites for hydroxylation is 1. The normalized spacial score (nSPS) is 17.4. The van der Waals surface area contributed by atoms with Crippen LogP contribution in [0.5, 0.6) is 0 Å². The Hall–Kier alpha value is -2.90. The van der Waals surface area contributed by atoms with Crippen molar-refractivity contribution in [3.8, 4) is 0 Å². The SMILES string of the molecule is CN(C(=O)NCc1ncn(C)n1)C1CCCN(c2ccccc2)C1=O. The lowest BCUT2D eigenvalue weighted by molar-refractivity contribution is -0.123. The van der Waals surface area contributed by atoms with Crippen molar-refractivity contribution in [3.05, 3.63) is 42.5 Å². The van der Waals surface area contributed by atoms with Crippen molar-refractivity contribution in [2.24, 2.45) is 7.05 Å². The standard InChI is InChI=1S/C17H22N6O2/c1-21-12-19-15(20-21)11-18-17(25)22(2)14-9-6-10-23(16(14)24)13-7-4-3-5-8-13/h3-5,7-8,12,14H,6,9-11H2,1-2H3,(H,18,25). The maximum atomic E-state index is 12.8. The molecule has 1 aromatic heterocycles. The largest absolute Gasteiger partial charge is 0.331 e. The van der Waals surface area contributed by atoms with Crippen LogP contribution < -0.4 is 10.2 Å². The van der Waals surface area contributed by atoms with Gasteiger partial charge >= 0.3 is 6.03 Å². The highest BCUT2D eigenvalue weighted by Gasteiger charge is 2.34. The quantitative estimate of drug-likeness (QED) is 0.903. The topological polar surface area (TPSA) is 83.4 Å². The number of nitrogens with one attached hydrogen (secondary N) is 1. The summed E-state index contributed by atoms with van der Waals surface area (Å²) in [5.74, 6) is 0.483. The fourth-order valence-electron chi connectivity index (χ4n) is 2.97. The van der Waals surface area contributed by atoms with Crippen molar-refractivity contribution in [2.75, 3.05) is 18.5 Å². The molecule has 0 radical (unpaired) electrons. The van der Waals surface area contributed by atoms with Crippen molar-refractivity contribution < 1.29 is 9.59 Å². The van der Waals surface area contributed by atoms with E-state index < -0.39 is 6.04 Å². The smallest absolute Gasteiger partial charge is 0.318 e. The number of rotatable bonds is 4. The molecule has 1 aromatic carbocycles. The van der Waals surface area contributed by atoms with Crippen LogP contribution in [0, 0.1) is 0 Å². The number of hydrogen-bond acceptors (Lipinski definition) is 4. The predicted octanol–water partition coefficient (Wildman–Crippen LogP) is 1.15. The fraction of sp³-hybridized carbons (Fsp3) is 0.412. The zero-order valence-electron chi connectivity index (χ0n) is 14.4.